The van der Waals surface area contributed by atoms with Gasteiger partial charge in [0, 0.05) is 0 Å². The van der Waals surface area contributed by atoms with Crippen LogP contribution >= 0.6 is 11.8 Å². The van der Waals surface area contributed by atoms with E-state index in [9.17, 15) is 4.79 Å². The van der Waals surface area contributed by atoms with Crippen LogP contribution in [-0.4, -0.2) is 17.7 Å². The fourth-order valence-electron chi connectivity index (χ4n) is 3.03. The molecule has 0 spiro atoms. The molecule has 0 N–H and O–H groups in total. The molecule has 150 valence electrons. The molecular weight excluding hydrogens is 392 g/mol. The maximum atomic E-state index is 13.3. The predicted octanol–water partition coefficient (Wildman–Crippen LogP) is 6.28. The smallest absolute Gasteiger partial charge is 0.271 e. The molecular formula is C25H22N2O2S. The number of anilines is 1. The van der Waals surface area contributed by atoms with E-state index >= 15 is 0 Å². The Labute approximate surface area is 180 Å². The molecule has 30 heavy (non-hydrogen) atoms. The first kappa shape index (κ1) is 20.0. The van der Waals surface area contributed by atoms with Gasteiger partial charge in [-0.25, -0.2) is 4.99 Å². The zero-order valence-corrected chi connectivity index (χ0v) is 17.5. The minimum Gasteiger partial charge on any atom is -0.494 e. The lowest BCUT2D eigenvalue weighted by Gasteiger charge is -2.15. The van der Waals surface area contributed by atoms with Crippen molar-refractivity contribution in [1.82, 2.24) is 0 Å². The summed E-state index contributed by atoms with van der Waals surface area (Å²) in [5.41, 5.74) is 2.53. The van der Waals surface area contributed by atoms with Gasteiger partial charge in [0.2, 0.25) is 0 Å². The van der Waals surface area contributed by atoms with Crippen LogP contribution in [0, 0.1) is 0 Å². The number of para-hydroxylation sites is 2. The number of amidine groups is 1. The summed E-state index contributed by atoms with van der Waals surface area (Å²) >= 11 is 1.38. The largest absolute Gasteiger partial charge is 0.494 e. The molecule has 1 aliphatic rings. The van der Waals surface area contributed by atoms with Crippen molar-refractivity contribution < 1.29 is 9.53 Å². The summed E-state index contributed by atoms with van der Waals surface area (Å²) in [6.07, 6.45) is 2.85. The highest BCUT2D eigenvalue weighted by atomic mass is 32.2. The van der Waals surface area contributed by atoms with E-state index in [1.165, 1.54) is 11.8 Å². The van der Waals surface area contributed by atoms with Crippen molar-refractivity contribution in [3.63, 3.8) is 0 Å². The first-order valence-corrected chi connectivity index (χ1v) is 10.7. The molecule has 4 rings (SSSR count). The Morgan fingerprint density at radius 1 is 0.967 bits per heavy atom. The number of carbonyl (C=O) groups is 1. The molecule has 0 bridgehead atoms. The zero-order chi connectivity index (χ0) is 20.8. The lowest BCUT2D eigenvalue weighted by Crippen LogP contribution is -2.28. The summed E-state index contributed by atoms with van der Waals surface area (Å²) in [6.45, 7) is 2.74. The van der Waals surface area contributed by atoms with Gasteiger partial charge in [0.1, 0.15) is 5.75 Å². The van der Waals surface area contributed by atoms with Crippen molar-refractivity contribution in [2.75, 3.05) is 11.5 Å². The molecule has 1 fully saturated rings. The summed E-state index contributed by atoms with van der Waals surface area (Å²) < 4.78 is 5.72. The Kier molecular flexibility index (Phi) is 6.30. The van der Waals surface area contributed by atoms with Crippen LogP contribution in [-0.2, 0) is 4.79 Å². The maximum absolute atomic E-state index is 13.3. The van der Waals surface area contributed by atoms with Gasteiger partial charge in [0.05, 0.1) is 22.9 Å². The summed E-state index contributed by atoms with van der Waals surface area (Å²) in [7, 11) is 0. The number of carbonyl (C=O) groups excluding carboxylic acids is 1. The summed E-state index contributed by atoms with van der Waals surface area (Å²) in [5, 5.41) is 0.641. The van der Waals surface area contributed by atoms with Crippen LogP contribution in [0.5, 0.6) is 5.75 Å². The van der Waals surface area contributed by atoms with Gasteiger partial charge in [0.25, 0.3) is 5.91 Å². The fourth-order valence-corrected chi connectivity index (χ4v) is 4.03. The summed E-state index contributed by atoms with van der Waals surface area (Å²) in [4.78, 5) is 20.3. The Hall–Kier alpha value is -3.31. The lowest BCUT2D eigenvalue weighted by atomic mass is 10.2. The van der Waals surface area contributed by atoms with Gasteiger partial charge in [-0.3, -0.25) is 9.69 Å². The van der Waals surface area contributed by atoms with Gasteiger partial charge in [-0.2, -0.15) is 0 Å². The predicted molar refractivity (Wildman–Crippen MR) is 125 cm³/mol. The molecule has 0 aromatic heterocycles. The zero-order valence-electron chi connectivity index (χ0n) is 16.7. The van der Waals surface area contributed by atoms with E-state index in [-0.39, 0.29) is 5.91 Å². The van der Waals surface area contributed by atoms with Gasteiger partial charge in [-0.1, -0.05) is 55.5 Å². The number of hydrogen-bond donors (Lipinski definition) is 0. The first-order chi connectivity index (χ1) is 14.7. The van der Waals surface area contributed by atoms with Gasteiger partial charge in [0.15, 0.2) is 5.17 Å². The van der Waals surface area contributed by atoms with Crippen LogP contribution in [0.1, 0.15) is 18.9 Å². The average molecular weight is 415 g/mol. The monoisotopic (exact) mass is 414 g/mol. The highest BCUT2D eigenvalue weighted by Gasteiger charge is 2.34. The number of aliphatic imine (C=N–C) groups is 1. The third kappa shape index (κ3) is 4.63. The van der Waals surface area contributed by atoms with Crippen molar-refractivity contribution in [1.29, 1.82) is 0 Å². The number of rotatable bonds is 6. The van der Waals surface area contributed by atoms with Gasteiger partial charge in [-0.05, 0) is 66.2 Å². The second-order valence-corrected chi connectivity index (χ2v) is 7.75. The molecule has 4 nitrogen and oxygen atoms in total. The molecule has 0 saturated carbocycles. The number of nitrogens with zero attached hydrogens (tertiary/aromatic N) is 2. The first-order valence-electron chi connectivity index (χ1n) is 9.90. The van der Waals surface area contributed by atoms with Crippen LogP contribution < -0.4 is 9.64 Å². The quantitative estimate of drug-likeness (QED) is 0.446. The molecule has 3 aromatic carbocycles. The van der Waals surface area contributed by atoms with Crippen molar-refractivity contribution in [2.45, 2.75) is 13.3 Å². The van der Waals surface area contributed by atoms with Crippen LogP contribution in [0.3, 0.4) is 0 Å². The molecule has 0 radical (unpaired) electrons. The summed E-state index contributed by atoms with van der Waals surface area (Å²) in [6, 6.07) is 27.1. The van der Waals surface area contributed by atoms with Crippen LogP contribution in [0.25, 0.3) is 6.08 Å². The number of hydrogen-bond acceptors (Lipinski definition) is 4. The minimum absolute atomic E-state index is 0.0826. The molecule has 5 heteroatoms. The summed E-state index contributed by atoms with van der Waals surface area (Å²) in [5.74, 6) is 0.723. The standard InChI is InChI=1S/C25H22N2O2S/c1-2-16-29-22-15-9-10-19(17-22)18-23-24(28)27(21-13-7-4-8-14-21)25(30-23)26-20-11-5-3-6-12-20/h3-15,17-18H,2,16H2,1H3/b23-18-,26-25?. The minimum atomic E-state index is -0.0826. The molecule has 0 aliphatic carbocycles. The highest BCUT2D eigenvalue weighted by Crippen LogP contribution is 2.37. The lowest BCUT2D eigenvalue weighted by molar-refractivity contribution is -0.113. The van der Waals surface area contributed by atoms with Gasteiger partial charge >= 0.3 is 0 Å². The number of thioether (sulfide) groups is 1. The Balaban J connectivity index is 1.70. The second-order valence-electron chi connectivity index (χ2n) is 6.74. The molecule has 1 saturated heterocycles. The van der Waals surface area contributed by atoms with Crippen LogP contribution in [0.2, 0.25) is 0 Å². The van der Waals surface area contributed by atoms with E-state index in [0.717, 1.165) is 29.1 Å². The second kappa shape index (κ2) is 9.46. The molecule has 0 unspecified atom stereocenters. The SMILES string of the molecule is CCCOc1cccc(/C=C2\SC(=Nc3ccccc3)N(c3ccccc3)C2=O)c1. The van der Waals surface area contributed by atoms with E-state index in [4.69, 9.17) is 9.73 Å². The van der Waals surface area contributed by atoms with Gasteiger partial charge in [-0.15, -0.1) is 0 Å². The third-order valence-electron chi connectivity index (χ3n) is 4.43. The van der Waals surface area contributed by atoms with E-state index in [0.29, 0.717) is 16.7 Å². The Morgan fingerprint density at radius 3 is 2.43 bits per heavy atom. The van der Waals surface area contributed by atoms with Crippen molar-refractivity contribution in [3.05, 3.63) is 95.4 Å². The highest BCUT2D eigenvalue weighted by molar-refractivity contribution is 8.19. The Bertz CT molecular complexity index is 1080. The number of amides is 1. The third-order valence-corrected chi connectivity index (χ3v) is 5.40. The molecule has 1 aliphatic heterocycles. The molecule has 0 atom stereocenters. The number of ether oxygens (including phenoxy) is 1. The van der Waals surface area contributed by atoms with Crippen LogP contribution in [0.4, 0.5) is 11.4 Å². The van der Waals surface area contributed by atoms with E-state index in [2.05, 4.69) is 6.92 Å². The molecule has 3 aromatic rings. The van der Waals surface area contributed by atoms with Crippen molar-refractivity contribution in [2.24, 2.45) is 4.99 Å². The van der Waals surface area contributed by atoms with Crippen molar-refractivity contribution >= 4 is 40.3 Å². The number of benzene rings is 3. The maximum Gasteiger partial charge on any atom is 0.271 e. The molecule has 1 heterocycles. The molecule has 1 amide bonds. The van der Waals surface area contributed by atoms with Gasteiger partial charge < -0.3 is 4.74 Å². The van der Waals surface area contributed by atoms with E-state index in [1.807, 2.05) is 91.0 Å². The normalized spacial score (nSPS) is 16.4. The van der Waals surface area contributed by atoms with Crippen molar-refractivity contribution in [3.8, 4) is 5.75 Å². The van der Waals surface area contributed by atoms with Crippen LogP contribution in [0.15, 0.2) is 94.8 Å². The van der Waals surface area contributed by atoms with E-state index < -0.39 is 0 Å². The fraction of sp³-hybridized carbons (Fsp3) is 0.120. The Morgan fingerprint density at radius 2 is 1.70 bits per heavy atom. The topological polar surface area (TPSA) is 41.9 Å². The van der Waals surface area contributed by atoms with E-state index in [1.54, 1.807) is 4.90 Å². The average Bonchev–Trinajstić information content (AvgIpc) is 3.08.